The third-order valence-corrected chi connectivity index (χ3v) is 4.74. The Bertz CT molecular complexity index is 1140. The van der Waals surface area contributed by atoms with E-state index in [1.807, 2.05) is 42.5 Å². The van der Waals surface area contributed by atoms with Gasteiger partial charge >= 0.3 is 0 Å². The van der Waals surface area contributed by atoms with E-state index in [1.165, 1.54) is 12.1 Å². The number of ether oxygens (including phenoxy) is 1. The maximum atomic E-state index is 13.4. The Kier molecular flexibility index (Phi) is 6.03. The molecule has 7 heteroatoms. The molecular formula is C24H20FN3O3. The van der Waals surface area contributed by atoms with Gasteiger partial charge in [0.2, 0.25) is 17.7 Å². The van der Waals surface area contributed by atoms with Crippen LogP contribution in [0.15, 0.2) is 83.3 Å². The summed E-state index contributed by atoms with van der Waals surface area (Å²) >= 11 is 0. The molecular weight excluding hydrogens is 397 g/mol. The zero-order valence-corrected chi connectivity index (χ0v) is 16.8. The number of nitrogens with one attached hydrogen (secondary N) is 1. The summed E-state index contributed by atoms with van der Waals surface area (Å²) in [5.74, 6) is 0.662. The van der Waals surface area contributed by atoms with E-state index in [2.05, 4.69) is 15.5 Å². The van der Waals surface area contributed by atoms with Crippen molar-refractivity contribution in [1.82, 2.24) is 15.5 Å². The number of hydrogen-bond acceptors (Lipinski definition) is 5. The third kappa shape index (κ3) is 4.95. The van der Waals surface area contributed by atoms with Crippen molar-refractivity contribution in [1.29, 1.82) is 0 Å². The molecule has 4 aromatic rings. The summed E-state index contributed by atoms with van der Waals surface area (Å²) in [7, 11) is 1.59. The molecule has 0 aliphatic rings. The number of hydrogen-bond donors (Lipinski definition) is 1. The lowest BCUT2D eigenvalue weighted by Crippen LogP contribution is -2.30. The second kappa shape index (κ2) is 9.21. The van der Waals surface area contributed by atoms with Crippen LogP contribution in [-0.2, 0) is 11.2 Å². The van der Waals surface area contributed by atoms with Crippen molar-refractivity contribution >= 4 is 5.91 Å². The van der Waals surface area contributed by atoms with Gasteiger partial charge in [-0.15, -0.1) is 10.2 Å². The first-order chi connectivity index (χ1) is 15.1. The summed E-state index contributed by atoms with van der Waals surface area (Å²) < 4.78 is 24.4. The number of nitrogens with zero attached hydrogens (tertiary/aromatic N) is 2. The van der Waals surface area contributed by atoms with E-state index in [0.717, 1.165) is 11.1 Å². The molecule has 1 N–H and O–H groups in total. The van der Waals surface area contributed by atoms with Crippen molar-refractivity contribution in [3.05, 3.63) is 102 Å². The fourth-order valence-corrected chi connectivity index (χ4v) is 3.13. The zero-order valence-electron chi connectivity index (χ0n) is 16.8. The van der Waals surface area contributed by atoms with E-state index in [1.54, 1.807) is 31.4 Å². The smallest absolute Gasteiger partial charge is 0.247 e. The largest absolute Gasteiger partial charge is 0.497 e. The number of halogens is 1. The lowest BCUT2D eigenvalue weighted by atomic mass is 10.1. The highest BCUT2D eigenvalue weighted by atomic mass is 19.1. The molecule has 1 amide bonds. The monoisotopic (exact) mass is 417 g/mol. The van der Waals surface area contributed by atoms with Crippen LogP contribution in [-0.4, -0.2) is 23.2 Å². The Labute approximate surface area is 178 Å². The summed E-state index contributed by atoms with van der Waals surface area (Å²) in [6.45, 7) is 0. The van der Waals surface area contributed by atoms with Crippen LogP contribution in [0, 0.1) is 5.82 Å². The molecule has 0 radical (unpaired) electrons. The van der Waals surface area contributed by atoms with Gasteiger partial charge in [0.25, 0.3) is 0 Å². The SMILES string of the molecule is COc1ccc(CC(=O)NC(c2ccc(F)cc2)c2nnc(-c3ccccc3)o2)cc1. The average Bonchev–Trinajstić information content (AvgIpc) is 3.29. The summed E-state index contributed by atoms with van der Waals surface area (Å²) in [5, 5.41) is 11.2. The van der Waals surface area contributed by atoms with Crippen LogP contribution in [0.25, 0.3) is 11.5 Å². The van der Waals surface area contributed by atoms with Crippen LogP contribution in [0.5, 0.6) is 5.75 Å². The van der Waals surface area contributed by atoms with Crippen molar-refractivity contribution in [3.63, 3.8) is 0 Å². The van der Waals surface area contributed by atoms with Crippen LogP contribution in [0.3, 0.4) is 0 Å². The molecule has 31 heavy (non-hydrogen) atoms. The van der Waals surface area contributed by atoms with Crippen LogP contribution < -0.4 is 10.1 Å². The minimum atomic E-state index is -0.712. The average molecular weight is 417 g/mol. The third-order valence-electron chi connectivity index (χ3n) is 4.74. The van der Waals surface area contributed by atoms with Gasteiger partial charge in [0.1, 0.15) is 17.6 Å². The molecule has 1 atom stereocenters. The summed E-state index contributed by atoms with van der Waals surface area (Å²) in [4.78, 5) is 12.8. The van der Waals surface area contributed by atoms with Gasteiger partial charge in [-0.25, -0.2) is 4.39 Å². The predicted octanol–water partition coefficient (Wildman–Crippen LogP) is 4.33. The molecule has 1 heterocycles. The second-order valence-corrected chi connectivity index (χ2v) is 6.89. The van der Waals surface area contributed by atoms with E-state index in [9.17, 15) is 9.18 Å². The van der Waals surface area contributed by atoms with Crippen molar-refractivity contribution in [2.45, 2.75) is 12.5 Å². The molecule has 0 fully saturated rings. The molecule has 1 aromatic heterocycles. The first-order valence-electron chi connectivity index (χ1n) is 9.69. The fourth-order valence-electron chi connectivity index (χ4n) is 3.13. The van der Waals surface area contributed by atoms with Crippen LogP contribution in [0.4, 0.5) is 4.39 Å². The van der Waals surface area contributed by atoms with Gasteiger partial charge in [-0.1, -0.05) is 42.5 Å². The van der Waals surface area contributed by atoms with Gasteiger partial charge in [0.15, 0.2) is 0 Å². The van der Waals surface area contributed by atoms with E-state index in [0.29, 0.717) is 17.2 Å². The fraction of sp³-hybridized carbons (Fsp3) is 0.125. The van der Waals surface area contributed by atoms with Crippen LogP contribution in [0.2, 0.25) is 0 Å². The Morgan fingerprint density at radius 2 is 1.71 bits per heavy atom. The van der Waals surface area contributed by atoms with Crippen molar-refractivity contribution in [3.8, 4) is 17.2 Å². The highest BCUT2D eigenvalue weighted by molar-refractivity contribution is 5.79. The highest BCUT2D eigenvalue weighted by Gasteiger charge is 2.23. The number of benzene rings is 3. The van der Waals surface area contributed by atoms with Gasteiger partial charge in [-0.3, -0.25) is 4.79 Å². The quantitative estimate of drug-likeness (QED) is 0.484. The topological polar surface area (TPSA) is 77.2 Å². The van der Waals surface area contributed by atoms with Gasteiger partial charge in [-0.2, -0.15) is 0 Å². The van der Waals surface area contributed by atoms with E-state index < -0.39 is 6.04 Å². The maximum absolute atomic E-state index is 13.4. The molecule has 0 aliphatic heterocycles. The van der Waals surface area contributed by atoms with E-state index in [-0.39, 0.29) is 24.0 Å². The highest BCUT2D eigenvalue weighted by Crippen LogP contribution is 2.25. The number of methoxy groups -OCH3 is 1. The number of amides is 1. The van der Waals surface area contributed by atoms with Crippen molar-refractivity contribution in [2.24, 2.45) is 0 Å². The standard InChI is InChI=1S/C24H20FN3O3/c1-30-20-13-7-16(8-14-20)15-21(29)26-22(17-9-11-19(25)12-10-17)24-28-27-23(31-24)18-5-3-2-4-6-18/h2-14,22H,15H2,1H3,(H,26,29). The molecule has 1 unspecified atom stereocenters. The molecule has 6 nitrogen and oxygen atoms in total. The van der Waals surface area contributed by atoms with Crippen LogP contribution in [0.1, 0.15) is 23.1 Å². The Balaban J connectivity index is 1.58. The molecule has 0 spiro atoms. The number of carbonyl (C=O) groups is 1. The Morgan fingerprint density at radius 1 is 1.00 bits per heavy atom. The number of rotatable bonds is 7. The van der Waals surface area contributed by atoms with Gasteiger partial charge in [-0.05, 0) is 47.5 Å². The number of aromatic nitrogens is 2. The van der Waals surface area contributed by atoms with Crippen LogP contribution >= 0.6 is 0 Å². The van der Waals surface area contributed by atoms with Gasteiger partial charge < -0.3 is 14.5 Å². The summed E-state index contributed by atoms with van der Waals surface area (Å²) in [6.07, 6.45) is 0.154. The van der Waals surface area contributed by atoms with Crippen molar-refractivity contribution in [2.75, 3.05) is 7.11 Å². The second-order valence-electron chi connectivity index (χ2n) is 6.89. The molecule has 0 saturated heterocycles. The molecule has 0 aliphatic carbocycles. The molecule has 0 bridgehead atoms. The Hall–Kier alpha value is -4.00. The van der Waals surface area contributed by atoms with Gasteiger partial charge in [0, 0.05) is 5.56 Å². The normalized spacial score (nSPS) is 11.7. The summed E-state index contributed by atoms with van der Waals surface area (Å²) in [5.41, 5.74) is 2.23. The van der Waals surface area contributed by atoms with Crippen molar-refractivity contribution < 1.29 is 18.3 Å². The maximum Gasteiger partial charge on any atom is 0.247 e. The molecule has 156 valence electrons. The van der Waals surface area contributed by atoms with E-state index >= 15 is 0 Å². The first-order valence-corrected chi connectivity index (χ1v) is 9.69. The lowest BCUT2D eigenvalue weighted by Gasteiger charge is -2.16. The first kappa shape index (κ1) is 20.3. The minimum absolute atomic E-state index is 0.154. The number of carbonyl (C=O) groups excluding carboxylic acids is 1. The molecule has 0 saturated carbocycles. The Morgan fingerprint density at radius 3 is 2.39 bits per heavy atom. The zero-order chi connectivity index (χ0) is 21.6. The van der Waals surface area contributed by atoms with E-state index in [4.69, 9.17) is 9.15 Å². The van der Waals surface area contributed by atoms with Gasteiger partial charge in [0.05, 0.1) is 13.5 Å². The molecule has 4 rings (SSSR count). The minimum Gasteiger partial charge on any atom is -0.497 e. The lowest BCUT2D eigenvalue weighted by molar-refractivity contribution is -0.121. The summed E-state index contributed by atoms with van der Waals surface area (Å²) in [6, 6.07) is 21.7. The molecule has 3 aromatic carbocycles. The predicted molar refractivity (Wildman–Crippen MR) is 113 cm³/mol.